The number of nitrogens with one attached hydrogen (secondary N) is 2. The van der Waals surface area contributed by atoms with Gasteiger partial charge in [0.1, 0.15) is 11.6 Å². The lowest BCUT2D eigenvalue weighted by Gasteiger charge is -2.09. The van der Waals surface area contributed by atoms with E-state index in [1.54, 1.807) is 0 Å². The lowest BCUT2D eigenvalue weighted by atomic mass is 10.2. The Morgan fingerprint density at radius 3 is 2.17 bits per heavy atom. The summed E-state index contributed by atoms with van der Waals surface area (Å²) in [5.74, 6) is -2.53. The molecule has 0 fully saturated rings. The lowest BCUT2D eigenvalue weighted by molar-refractivity contribution is -0.113. The van der Waals surface area contributed by atoms with Gasteiger partial charge < -0.3 is 10.6 Å². The molecule has 2 N–H and O–H groups in total. The van der Waals surface area contributed by atoms with Crippen LogP contribution in [0.4, 0.5) is 15.8 Å². The molecule has 0 saturated heterocycles. The van der Waals surface area contributed by atoms with Gasteiger partial charge in [-0.05, 0) is 60.7 Å². The van der Waals surface area contributed by atoms with Crippen molar-refractivity contribution in [3.05, 3.63) is 89.2 Å². The number of rotatable bonds is 6. The van der Waals surface area contributed by atoms with Gasteiger partial charge in [0.25, 0.3) is 5.91 Å². The van der Waals surface area contributed by atoms with E-state index in [1.807, 2.05) is 0 Å². The zero-order chi connectivity index (χ0) is 21.7. The van der Waals surface area contributed by atoms with Gasteiger partial charge in [-0.2, -0.15) is 0 Å². The minimum absolute atomic E-state index is 0.0229. The van der Waals surface area contributed by atoms with Crippen molar-refractivity contribution < 1.29 is 22.4 Å². The number of amides is 2. The van der Waals surface area contributed by atoms with Gasteiger partial charge in [0.2, 0.25) is 5.91 Å². The van der Waals surface area contributed by atoms with Crippen LogP contribution in [0.2, 0.25) is 5.02 Å². The second-order valence-corrected chi connectivity index (χ2v) is 8.73. The third-order valence-corrected chi connectivity index (χ3v) is 5.87. The molecule has 0 heterocycles. The molecule has 0 unspecified atom stereocenters. The molecule has 0 aliphatic heterocycles. The highest BCUT2D eigenvalue weighted by Gasteiger charge is 2.19. The first kappa shape index (κ1) is 21.5. The van der Waals surface area contributed by atoms with Crippen LogP contribution >= 0.6 is 11.6 Å². The summed E-state index contributed by atoms with van der Waals surface area (Å²) in [6, 6.07) is 16.9. The van der Waals surface area contributed by atoms with Gasteiger partial charge in [0.05, 0.1) is 4.90 Å². The van der Waals surface area contributed by atoms with E-state index in [9.17, 15) is 22.4 Å². The second kappa shape index (κ2) is 9.06. The molecule has 3 rings (SSSR count). The molecule has 30 heavy (non-hydrogen) atoms. The molecule has 0 radical (unpaired) electrons. The molecule has 0 spiro atoms. The third-order valence-electron chi connectivity index (χ3n) is 3.98. The summed E-state index contributed by atoms with van der Waals surface area (Å²) in [5.41, 5.74) is 0.735. The fourth-order valence-corrected chi connectivity index (χ4v) is 3.86. The van der Waals surface area contributed by atoms with Crippen molar-refractivity contribution in [2.45, 2.75) is 4.90 Å². The summed E-state index contributed by atoms with van der Waals surface area (Å²) >= 11 is 5.75. The summed E-state index contributed by atoms with van der Waals surface area (Å²) in [6.07, 6.45) is 0. The Labute approximate surface area is 177 Å². The summed E-state index contributed by atoms with van der Waals surface area (Å²) in [4.78, 5) is 24.5. The number of sulfone groups is 1. The van der Waals surface area contributed by atoms with Crippen LogP contribution in [-0.4, -0.2) is 26.0 Å². The van der Waals surface area contributed by atoms with E-state index in [1.165, 1.54) is 72.8 Å². The number of carbonyl (C=O) groups is 2. The Morgan fingerprint density at radius 2 is 1.50 bits per heavy atom. The summed E-state index contributed by atoms with van der Waals surface area (Å²) in [6.45, 7) is 0. The molecule has 0 saturated carbocycles. The van der Waals surface area contributed by atoms with Crippen molar-refractivity contribution in [1.82, 2.24) is 0 Å². The predicted molar refractivity (Wildman–Crippen MR) is 113 cm³/mol. The van der Waals surface area contributed by atoms with E-state index in [0.717, 1.165) is 0 Å². The standard InChI is InChI=1S/C21H16ClFN2O4S/c22-15-7-9-19(10-8-15)30(28,29)13-20(26)24-17-5-1-3-14(11-17)21(27)25-18-6-2-4-16(23)12-18/h1-12H,13H2,(H,24,26)(H,25,27). The van der Waals surface area contributed by atoms with Gasteiger partial charge in [-0.3, -0.25) is 9.59 Å². The monoisotopic (exact) mass is 446 g/mol. The molecule has 3 aromatic rings. The van der Waals surface area contributed by atoms with Crippen molar-refractivity contribution in [3.63, 3.8) is 0 Å². The highest BCUT2D eigenvalue weighted by atomic mass is 35.5. The summed E-state index contributed by atoms with van der Waals surface area (Å²) in [7, 11) is -3.85. The number of benzene rings is 3. The molecule has 0 aliphatic carbocycles. The van der Waals surface area contributed by atoms with Crippen molar-refractivity contribution in [1.29, 1.82) is 0 Å². The zero-order valence-corrected chi connectivity index (χ0v) is 17.0. The Kier molecular flexibility index (Phi) is 6.49. The van der Waals surface area contributed by atoms with Crippen LogP contribution in [-0.2, 0) is 14.6 Å². The van der Waals surface area contributed by atoms with E-state index in [2.05, 4.69) is 10.6 Å². The fraction of sp³-hybridized carbons (Fsp3) is 0.0476. The number of hydrogen-bond donors (Lipinski definition) is 2. The van der Waals surface area contributed by atoms with E-state index in [-0.39, 0.29) is 21.8 Å². The van der Waals surface area contributed by atoms with Crippen molar-refractivity contribution >= 4 is 44.6 Å². The molecule has 9 heteroatoms. The van der Waals surface area contributed by atoms with Crippen LogP contribution < -0.4 is 10.6 Å². The lowest BCUT2D eigenvalue weighted by Crippen LogP contribution is -2.23. The molecule has 3 aromatic carbocycles. The average Bonchev–Trinajstić information content (AvgIpc) is 2.68. The van der Waals surface area contributed by atoms with E-state index < -0.39 is 33.2 Å². The van der Waals surface area contributed by atoms with Gasteiger partial charge in [-0.15, -0.1) is 0 Å². The second-order valence-electron chi connectivity index (χ2n) is 6.31. The van der Waals surface area contributed by atoms with Crippen molar-refractivity contribution in [3.8, 4) is 0 Å². The Bertz CT molecular complexity index is 1200. The van der Waals surface area contributed by atoms with Gasteiger partial charge in [-0.25, -0.2) is 12.8 Å². The highest BCUT2D eigenvalue weighted by molar-refractivity contribution is 7.92. The van der Waals surface area contributed by atoms with Crippen LogP contribution in [0.15, 0.2) is 77.7 Å². The molecule has 0 bridgehead atoms. The molecule has 154 valence electrons. The van der Waals surface area contributed by atoms with E-state index in [0.29, 0.717) is 5.02 Å². The van der Waals surface area contributed by atoms with Gasteiger partial charge in [0.15, 0.2) is 9.84 Å². The van der Waals surface area contributed by atoms with E-state index >= 15 is 0 Å². The van der Waals surface area contributed by atoms with Crippen LogP contribution in [0.3, 0.4) is 0 Å². The van der Waals surface area contributed by atoms with Gasteiger partial charge in [0, 0.05) is 22.0 Å². The van der Waals surface area contributed by atoms with Crippen LogP contribution in [0, 0.1) is 5.82 Å². The van der Waals surface area contributed by atoms with E-state index in [4.69, 9.17) is 11.6 Å². The smallest absolute Gasteiger partial charge is 0.255 e. The fourth-order valence-electron chi connectivity index (χ4n) is 2.60. The van der Waals surface area contributed by atoms with Crippen LogP contribution in [0.25, 0.3) is 0 Å². The minimum atomic E-state index is -3.85. The summed E-state index contributed by atoms with van der Waals surface area (Å²) < 4.78 is 38.0. The normalized spacial score (nSPS) is 11.0. The highest BCUT2D eigenvalue weighted by Crippen LogP contribution is 2.17. The molecule has 6 nitrogen and oxygen atoms in total. The molecule has 0 aliphatic rings. The Hall–Kier alpha value is -3.23. The summed E-state index contributed by atoms with van der Waals surface area (Å²) in [5, 5.41) is 5.39. The SMILES string of the molecule is O=C(CS(=O)(=O)c1ccc(Cl)cc1)Nc1cccc(C(=O)Nc2cccc(F)c2)c1. The van der Waals surface area contributed by atoms with Crippen LogP contribution in [0.5, 0.6) is 0 Å². The molecule has 0 aromatic heterocycles. The van der Waals surface area contributed by atoms with Gasteiger partial charge in [-0.1, -0.05) is 23.7 Å². The minimum Gasteiger partial charge on any atom is -0.325 e. The zero-order valence-electron chi connectivity index (χ0n) is 15.4. The topological polar surface area (TPSA) is 92.3 Å². The average molecular weight is 447 g/mol. The number of anilines is 2. The predicted octanol–water partition coefficient (Wildman–Crippen LogP) is 4.14. The Morgan fingerprint density at radius 1 is 0.867 bits per heavy atom. The maximum Gasteiger partial charge on any atom is 0.255 e. The first-order valence-corrected chi connectivity index (χ1v) is 10.7. The maximum absolute atomic E-state index is 13.3. The molecule has 2 amide bonds. The third kappa shape index (κ3) is 5.65. The van der Waals surface area contributed by atoms with Gasteiger partial charge >= 0.3 is 0 Å². The molecular formula is C21H16ClFN2O4S. The molecule has 0 atom stereocenters. The maximum atomic E-state index is 13.3. The van der Waals surface area contributed by atoms with Crippen molar-refractivity contribution in [2.75, 3.05) is 16.4 Å². The number of hydrogen-bond acceptors (Lipinski definition) is 4. The first-order chi connectivity index (χ1) is 14.2. The number of halogens is 2. The first-order valence-electron chi connectivity index (χ1n) is 8.68. The molecular weight excluding hydrogens is 431 g/mol. The largest absolute Gasteiger partial charge is 0.325 e. The van der Waals surface area contributed by atoms with Crippen LogP contribution in [0.1, 0.15) is 10.4 Å². The Balaban J connectivity index is 1.67. The quantitative estimate of drug-likeness (QED) is 0.595. The van der Waals surface area contributed by atoms with Crippen molar-refractivity contribution in [2.24, 2.45) is 0 Å². The number of carbonyl (C=O) groups excluding carboxylic acids is 2.